The van der Waals surface area contributed by atoms with E-state index in [1.54, 1.807) is 6.92 Å². The minimum absolute atomic E-state index is 0.348. The number of aliphatic carboxylic acids is 1. The summed E-state index contributed by atoms with van der Waals surface area (Å²) >= 11 is 2.95. The predicted octanol–water partition coefficient (Wildman–Crippen LogP) is 5.80. The number of halogens is 3. The zero-order valence-corrected chi connectivity index (χ0v) is 17.6. The summed E-state index contributed by atoms with van der Waals surface area (Å²) < 4.78 is 43.3. The molecule has 0 aliphatic heterocycles. The van der Waals surface area contributed by atoms with Gasteiger partial charge in [-0.25, -0.2) is 9.78 Å². The number of thiazole rings is 1. The topological polar surface area (TPSA) is 59.4 Å². The second kappa shape index (κ2) is 8.98. The SMILES string of the molecule is Cc1cc(SCc2sc(-c3ccc(C(F)(F)F)cc3)nc2C)c#cc1OCC(=O)O. The van der Waals surface area contributed by atoms with Gasteiger partial charge >= 0.3 is 12.1 Å². The summed E-state index contributed by atoms with van der Waals surface area (Å²) in [4.78, 5) is 16.9. The smallest absolute Gasteiger partial charge is 0.416 e. The molecule has 0 aliphatic rings. The third-order valence-corrected chi connectivity index (χ3v) is 6.41. The highest BCUT2D eigenvalue weighted by Crippen LogP contribution is 2.35. The van der Waals surface area contributed by atoms with Crippen LogP contribution in [0.5, 0.6) is 5.75 Å². The highest BCUT2D eigenvalue weighted by molar-refractivity contribution is 7.98. The van der Waals surface area contributed by atoms with Crippen molar-refractivity contribution >= 4 is 29.1 Å². The summed E-state index contributed by atoms with van der Waals surface area (Å²) in [6.07, 6.45) is -4.36. The summed E-state index contributed by atoms with van der Waals surface area (Å²) in [6.45, 7) is 3.22. The number of benzene rings is 1. The standard InChI is InChI=1S/C21H16F3NO3S2/c1-12-9-16(7-8-17(12)28-10-19(26)27)29-11-18-13(2)25-20(30-18)14-3-5-15(6-4-14)21(22,23)24/h3-6,9H,10-11H2,1-2H3,(H,26,27). The molecule has 0 unspecified atom stereocenters. The van der Waals surface area contributed by atoms with Gasteiger partial charge in [0.2, 0.25) is 0 Å². The van der Waals surface area contributed by atoms with Crippen LogP contribution >= 0.6 is 23.1 Å². The molecule has 9 heteroatoms. The maximum Gasteiger partial charge on any atom is 0.416 e. The van der Waals surface area contributed by atoms with Crippen LogP contribution in [0.15, 0.2) is 35.2 Å². The van der Waals surface area contributed by atoms with Gasteiger partial charge in [-0.3, -0.25) is 0 Å². The van der Waals surface area contributed by atoms with E-state index < -0.39 is 24.3 Å². The molecule has 3 aromatic rings. The lowest BCUT2D eigenvalue weighted by Crippen LogP contribution is -2.09. The fraction of sp³-hybridized carbons (Fsp3) is 0.238. The zero-order chi connectivity index (χ0) is 21.9. The maximum absolute atomic E-state index is 12.7. The summed E-state index contributed by atoms with van der Waals surface area (Å²) in [7, 11) is 0. The van der Waals surface area contributed by atoms with E-state index >= 15 is 0 Å². The Kier molecular flexibility index (Phi) is 6.58. The number of aromatic nitrogens is 1. The molecular weight excluding hydrogens is 435 g/mol. The van der Waals surface area contributed by atoms with Gasteiger partial charge in [0, 0.05) is 21.8 Å². The second-order valence-electron chi connectivity index (χ2n) is 6.34. The Bertz CT molecular complexity index is 1050. The Morgan fingerprint density at radius 3 is 2.53 bits per heavy atom. The second-order valence-corrected chi connectivity index (χ2v) is 8.45. The lowest BCUT2D eigenvalue weighted by molar-refractivity contribution is -0.139. The van der Waals surface area contributed by atoms with E-state index in [9.17, 15) is 18.0 Å². The molecule has 4 nitrogen and oxygen atoms in total. The van der Waals surface area contributed by atoms with Crippen molar-refractivity contribution in [3.63, 3.8) is 0 Å². The van der Waals surface area contributed by atoms with Crippen molar-refractivity contribution in [3.05, 3.63) is 64.2 Å². The Balaban J connectivity index is 1.68. The van der Waals surface area contributed by atoms with Gasteiger partial charge in [0.1, 0.15) is 5.01 Å². The molecule has 0 saturated heterocycles. The Morgan fingerprint density at radius 1 is 1.23 bits per heavy atom. The lowest BCUT2D eigenvalue weighted by Gasteiger charge is -2.06. The lowest BCUT2D eigenvalue weighted by atomic mass is 10.1. The van der Waals surface area contributed by atoms with Crippen LogP contribution in [-0.2, 0) is 16.7 Å². The number of aryl methyl sites for hydroxylation is 2. The normalized spacial score (nSPS) is 11.2. The monoisotopic (exact) mass is 451 g/mol. The number of carboxylic acids is 1. The molecule has 3 rings (SSSR count). The molecule has 1 heterocycles. The van der Waals surface area contributed by atoms with E-state index in [4.69, 9.17) is 9.84 Å². The molecule has 0 spiro atoms. The van der Waals surface area contributed by atoms with E-state index in [1.807, 2.05) is 13.0 Å². The first-order chi connectivity index (χ1) is 14.1. The van der Waals surface area contributed by atoms with Crippen LogP contribution in [0.1, 0.15) is 21.7 Å². The highest BCUT2D eigenvalue weighted by atomic mass is 32.2. The van der Waals surface area contributed by atoms with E-state index in [-0.39, 0.29) is 0 Å². The first-order valence-electron chi connectivity index (χ1n) is 8.69. The van der Waals surface area contributed by atoms with Gasteiger partial charge in [0.05, 0.1) is 16.2 Å². The van der Waals surface area contributed by atoms with Crippen LogP contribution in [0.3, 0.4) is 0 Å². The predicted molar refractivity (Wildman–Crippen MR) is 109 cm³/mol. The van der Waals surface area contributed by atoms with Crippen molar-refractivity contribution in [2.24, 2.45) is 0 Å². The molecule has 2 aromatic carbocycles. The number of nitrogens with zero attached hydrogens (tertiary/aromatic N) is 1. The quantitative estimate of drug-likeness (QED) is 0.460. The molecule has 0 radical (unpaired) electrons. The largest absolute Gasteiger partial charge is 0.479 e. The molecule has 0 amide bonds. The Morgan fingerprint density at radius 2 is 1.93 bits per heavy atom. The number of hydrogen-bond donors (Lipinski definition) is 1. The van der Waals surface area contributed by atoms with E-state index in [2.05, 4.69) is 17.1 Å². The van der Waals surface area contributed by atoms with Gasteiger partial charge in [-0.1, -0.05) is 18.2 Å². The molecule has 0 fully saturated rings. The van der Waals surface area contributed by atoms with Crippen molar-refractivity contribution in [2.75, 3.05) is 6.61 Å². The highest BCUT2D eigenvalue weighted by Gasteiger charge is 2.30. The zero-order valence-electron chi connectivity index (χ0n) is 16.0. The van der Waals surface area contributed by atoms with Gasteiger partial charge in [0.25, 0.3) is 0 Å². The van der Waals surface area contributed by atoms with Gasteiger partial charge in [-0.15, -0.1) is 23.1 Å². The molecule has 1 aromatic heterocycles. The number of ether oxygens (including phenoxy) is 1. The van der Waals surface area contributed by atoms with Crippen molar-refractivity contribution in [2.45, 2.75) is 30.7 Å². The fourth-order valence-electron chi connectivity index (χ4n) is 2.51. The number of rotatable bonds is 7. The number of carboxylic acid groups (broad SMARTS) is 1. The third kappa shape index (κ3) is 5.46. The minimum atomic E-state index is -4.36. The van der Waals surface area contributed by atoms with Crippen molar-refractivity contribution in [1.29, 1.82) is 0 Å². The van der Waals surface area contributed by atoms with Crippen LogP contribution in [0, 0.1) is 26.0 Å². The van der Waals surface area contributed by atoms with Crippen molar-refractivity contribution in [1.82, 2.24) is 4.98 Å². The van der Waals surface area contributed by atoms with Crippen molar-refractivity contribution < 1.29 is 27.8 Å². The van der Waals surface area contributed by atoms with Crippen LogP contribution in [-0.4, -0.2) is 22.7 Å². The first-order valence-corrected chi connectivity index (χ1v) is 10.5. The van der Waals surface area contributed by atoms with Gasteiger partial charge in [-0.2, -0.15) is 13.2 Å². The Labute approximate surface area is 179 Å². The van der Waals surface area contributed by atoms with Crippen LogP contribution in [0.4, 0.5) is 13.2 Å². The van der Waals surface area contributed by atoms with Crippen LogP contribution in [0.2, 0.25) is 0 Å². The summed E-state index contributed by atoms with van der Waals surface area (Å²) in [5.74, 6) is -0.102. The van der Waals surface area contributed by atoms with Crippen LogP contribution < -0.4 is 4.74 Å². The van der Waals surface area contributed by atoms with Gasteiger partial charge in [0.15, 0.2) is 12.4 Å². The summed E-state index contributed by atoms with van der Waals surface area (Å²) in [5, 5.41) is 9.35. The average molecular weight is 451 g/mol. The molecule has 0 saturated carbocycles. The summed E-state index contributed by atoms with van der Waals surface area (Å²) in [5.41, 5.74) is 1.53. The molecule has 0 atom stereocenters. The Hall–Kier alpha value is -2.70. The van der Waals surface area contributed by atoms with E-state index in [0.717, 1.165) is 33.2 Å². The van der Waals surface area contributed by atoms with E-state index in [1.165, 1.54) is 35.2 Å². The summed E-state index contributed by atoms with van der Waals surface area (Å²) in [6, 6.07) is 12.6. The molecule has 0 aliphatic carbocycles. The van der Waals surface area contributed by atoms with E-state index in [0.29, 0.717) is 22.1 Å². The van der Waals surface area contributed by atoms with Gasteiger partial charge < -0.3 is 9.84 Å². The number of thioether (sulfide) groups is 1. The third-order valence-electron chi connectivity index (χ3n) is 4.06. The molecule has 30 heavy (non-hydrogen) atoms. The number of carbonyl (C=O) groups is 1. The molecular formula is C21H16F3NO3S2. The average Bonchev–Trinajstić information content (AvgIpc) is 3.05. The maximum atomic E-state index is 12.7. The van der Waals surface area contributed by atoms with Crippen LogP contribution in [0.25, 0.3) is 10.6 Å². The first kappa shape index (κ1) is 22.0. The fourth-order valence-corrected chi connectivity index (χ4v) is 4.66. The molecule has 1 N–H and O–H groups in total. The molecule has 156 valence electrons. The van der Waals surface area contributed by atoms with Gasteiger partial charge in [-0.05, 0) is 38.1 Å². The number of alkyl halides is 3. The van der Waals surface area contributed by atoms with Crippen molar-refractivity contribution in [3.8, 4) is 16.3 Å². The molecule has 0 bridgehead atoms. The minimum Gasteiger partial charge on any atom is -0.479 e. The number of hydrogen-bond acceptors (Lipinski definition) is 5.